The molecule has 0 bridgehead atoms. The van der Waals surface area contributed by atoms with Gasteiger partial charge in [-0.3, -0.25) is 4.79 Å². The van der Waals surface area contributed by atoms with Gasteiger partial charge in [0.2, 0.25) is 5.91 Å². The summed E-state index contributed by atoms with van der Waals surface area (Å²) in [5.41, 5.74) is 5.52. The van der Waals surface area contributed by atoms with Crippen molar-refractivity contribution < 1.29 is 4.79 Å². The zero-order chi connectivity index (χ0) is 8.27. The molecule has 0 spiro atoms. The van der Waals surface area contributed by atoms with Crippen LogP contribution in [0.5, 0.6) is 0 Å². The Labute approximate surface area is 71.1 Å². The van der Waals surface area contributed by atoms with Crippen LogP contribution in [0.2, 0.25) is 0 Å². The highest BCUT2D eigenvalue weighted by molar-refractivity contribution is 7.98. The normalized spacial score (nSPS) is 28.2. The molecule has 11 heavy (non-hydrogen) atoms. The minimum atomic E-state index is 0.136. The monoisotopic (exact) mass is 174 g/mol. The van der Waals surface area contributed by atoms with E-state index in [-0.39, 0.29) is 18.0 Å². The summed E-state index contributed by atoms with van der Waals surface area (Å²) in [5.74, 6) is 1.03. The first-order valence-electron chi connectivity index (χ1n) is 3.78. The Morgan fingerprint density at radius 1 is 1.82 bits per heavy atom. The van der Waals surface area contributed by atoms with Crippen molar-refractivity contribution in [2.45, 2.75) is 24.9 Å². The van der Waals surface area contributed by atoms with Crippen LogP contribution in [-0.4, -0.2) is 30.0 Å². The third-order valence-corrected chi connectivity index (χ3v) is 2.33. The maximum atomic E-state index is 11.0. The second kappa shape index (κ2) is 3.97. The van der Waals surface area contributed by atoms with Crippen molar-refractivity contribution in [3.63, 3.8) is 0 Å². The highest BCUT2D eigenvalue weighted by Crippen LogP contribution is 2.17. The van der Waals surface area contributed by atoms with E-state index in [0.29, 0.717) is 6.42 Å². The van der Waals surface area contributed by atoms with Crippen molar-refractivity contribution in [2.75, 3.05) is 12.0 Å². The van der Waals surface area contributed by atoms with E-state index in [0.717, 1.165) is 12.2 Å². The van der Waals surface area contributed by atoms with Gasteiger partial charge in [-0.05, 0) is 12.7 Å². The molecule has 0 aromatic rings. The van der Waals surface area contributed by atoms with Crippen LogP contribution < -0.4 is 11.1 Å². The maximum absolute atomic E-state index is 11.0. The Hall–Kier alpha value is -0.220. The second-order valence-corrected chi connectivity index (χ2v) is 3.80. The highest BCUT2D eigenvalue weighted by Gasteiger charge is 2.34. The van der Waals surface area contributed by atoms with Gasteiger partial charge in [0.1, 0.15) is 0 Å². The zero-order valence-electron chi connectivity index (χ0n) is 6.67. The van der Waals surface area contributed by atoms with E-state index in [1.165, 1.54) is 0 Å². The number of hydrogen-bond donors (Lipinski definition) is 2. The van der Waals surface area contributed by atoms with Gasteiger partial charge < -0.3 is 11.1 Å². The predicted molar refractivity (Wildman–Crippen MR) is 47.5 cm³/mol. The lowest BCUT2D eigenvalue weighted by molar-refractivity contribution is -0.120. The average Bonchev–Trinajstić information content (AvgIpc) is 2.62. The molecular weight excluding hydrogens is 160 g/mol. The fourth-order valence-corrected chi connectivity index (χ4v) is 1.24. The molecule has 64 valence electrons. The summed E-state index contributed by atoms with van der Waals surface area (Å²) in [6, 6.07) is 0.484. The number of thioether (sulfide) groups is 1. The number of nitrogens with one attached hydrogen (secondary N) is 1. The molecule has 3 N–H and O–H groups in total. The lowest BCUT2D eigenvalue weighted by Gasteiger charge is -2.01. The topological polar surface area (TPSA) is 55.1 Å². The molecule has 1 amide bonds. The van der Waals surface area contributed by atoms with Crippen molar-refractivity contribution in [3.8, 4) is 0 Å². The third kappa shape index (κ3) is 3.12. The fourth-order valence-electron chi connectivity index (χ4n) is 0.854. The number of amides is 1. The quantitative estimate of drug-likeness (QED) is 0.628. The Balaban J connectivity index is 2.02. The van der Waals surface area contributed by atoms with Gasteiger partial charge in [0.25, 0.3) is 0 Å². The number of rotatable bonds is 4. The van der Waals surface area contributed by atoms with Crippen LogP contribution in [0.1, 0.15) is 12.8 Å². The van der Waals surface area contributed by atoms with Gasteiger partial charge in [-0.2, -0.15) is 11.8 Å². The maximum Gasteiger partial charge on any atom is 0.221 e. The smallest absolute Gasteiger partial charge is 0.221 e. The molecule has 0 saturated heterocycles. The van der Waals surface area contributed by atoms with Gasteiger partial charge in [-0.1, -0.05) is 0 Å². The van der Waals surface area contributed by atoms with Crippen molar-refractivity contribution >= 4 is 17.7 Å². The van der Waals surface area contributed by atoms with Gasteiger partial charge in [-0.25, -0.2) is 0 Å². The molecule has 0 heterocycles. The molecule has 1 rings (SSSR count). The van der Waals surface area contributed by atoms with Crippen LogP contribution in [0.4, 0.5) is 0 Å². The minimum absolute atomic E-state index is 0.136. The summed E-state index contributed by atoms with van der Waals surface area (Å²) in [7, 11) is 0. The summed E-state index contributed by atoms with van der Waals surface area (Å²) in [6.45, 7) is 0. The largest absolute Gasteiger partial charge is 0.352 e. The minimum Gasteiger partial charge on any atom is -0.352 e. The molecule has 3 nitrogen and oxygen atoms in total. The first-order chi connectivity index (χ1) is 5.24. The SMILES string of the molecule is CSCCC(=O)NC1CC1N. The molecule has 0 aromatic heterocycles. The molecule has 1 aliphatic rings. The van der Waals surface area contributed by atoms with E-state index in [2.05, 4.69) is 5.32 Å². The molecule has 2 atom stereocenters. The van der Waals surface area contributed by atoms with Crippen LogP contribution in [0.15, 0.2) is 0 Å². The number of carbonyl (C=O) groups is 1. The van der Waals surface area contributed by atoms with Crippen LogP contribution in [-0.2, 0) is 4.79 Å². The number of nitrogens with two attached hydrogens (primary N) is 1. The van der Waals surface area contributed by atoms with Gasteiger partial charge in [0, 0.05) is 24.3 Å². The van der Waals surface area contributed by atoms with Crippen LogP contribution in [0, 0.1) is 0 Å². The molecule has 4 heteroatoms. The molecule has 0 radical (unpaired) electrons. The van der Waals surface area contributed by atoms with Gasteiger partial charge in [0.15, 0.2) is 0 Å². The van der Waals surface area contributed by atoms with E-state index >= 15 is 0 Å². The zero-order valence-corrected chi connectivity index (χ0v) is 7.49. The van der Waals surface area contributed by atoms with Crippen LogP contribution in [0.3, 0.4) is 0 Å². The first-order valence-corrected chi connectivity index (χ1v) is 5.17. The lowest BCUT2D eigenvalue weighted by atomic mass is 10.4. The summed E-state index contributed by atoms with van der Waals surface area (Å²) < 4.78 is 0. The van der Waals surface area contributed by atoms with Crippen LogP contribution >= 0.6 is 11.8 Å². The van der Waals surface area contributed by atoms with Crippen LogP contribution in [0.25, 0.3) is 0 Å². The van der Waals surface area contributed by atoms with E-state index in [4.69, 9.17) is 5.73 Å². The number of carbonyl (C=O) groups excluding carboxylic acids is 1. The van der Waals surface area contributed by atoms with Crippen molar-refractivity contribution in [1.82, 2.24) is 5.32 Å². The molecule has 0 aromatic carbocycles. The summed E-state index contributed by atoms with van der Waals surface area (Å²) in [5, 5.41) is 2.86. The first kappa shape index (κ1) is 8.87. The Bertz CT molecular complexity index is 151. The molecular formula is C7H14N2OS. The summed E-state index contributed by atoms with van der Waals surface area (Å²) >= 11 is 1.69. The third-order valence-electron chi connectivity index (χ3n) is 1.72. The number of hydrogen-bond acceptors (Lipinski definition) is 3. The van der Waals surface area contributed by atoms with Crippen molar-refractivity contribution in [1.29, 1.82) is 0 Å². The Morgan fingerprint density at radius 2 is 2.45 bits per heavy atom. The predicted octanol–water partition coefficient (Wildman–Crippen LogP) is -0.0447. The van der Waals surface area contributed by atoms with Gasteiger partial charge >= 0.3 is 0 Å². The van der Waals surface area contributed by atoms with Crippen molar-refractivity contribution in [2.24, 2.45) is 5.73 Å². The fraction of sp³-hybridized carbons (Fsp3) is 0.857. The Morgan fingerprint density at radius 3 is 2.91 bits per heavy atom. The van der Waals surface area contributed by atoms with E-state index < -0.39 is 0 Å². The molecule has 0 aliphatic heterocycles. The second-order valence-electron chi connectivity index (χ2n) is 2.82. The highest BCUT2D eigenvalue weighted by atomic mass is 32.2. The molecule has 1 aliphatic carbocycles. The Kier molecular flexibility index (Phi) is 3.20. The summed E-state index contributed by atoms with van der Waals surface area (Å²) in [4.78, 5) is 11.0. The summed E-state index contributed by atoms with van der Waals surface area (Å²) in [6.07, 6.45) is 3.56. The van der Waals surface area contributed by atoms with E-state index in [1.807, 2.05) is 6.26 Å². The van der Waals surface area contributed by atoms with Gasteiger partial charge in [0.05, 0.1) is 0 Å². The van der Waals surface area contributed by atoms with E-state index in [1.54, 1.807) is 11.8 Å². The molecule has 1 saturated carbocycles. The average molecular weight is 174 g/mol. The van der Waals surface area contributed by atoms with E-state index in [9.17, 15) is 4.79 Å². The lowest BCUT2D eigenvalue weighted by Crippen LogP contribution is -2.29. The standard InChI is InChI=1S/C7H14N2OS/c1-11-3-2-7(10)9-6-4-5(6)8/h5-6H,2-4,8H2,1H3,(H,9,10). The molecule has 2 unspecified atom stereocenters. The van der Waals surface area contributed by atoms with Crippen molar-refractivity contribution in [3.05, 3.63) is 0 Å². The molecule has 1 fully saturated rings. The van der Waals surface area contributed by atoms with Gasteiger partial charge in [-0.15, -0.1) is 0 Å².